The van der Waals surface area contributed by atoms with E-state index in [1.807, 2.05) is 0 Å². The van der Waals surface area contributed by atoms with E-state index >= 15 is 0 Å². The number of carbonyl (C=O) groups is 1. The second-order valence-electron chi connectivity index (χ2n) is 6.92. The molecular weight excluding hydrogens is 252 g/mol. The van der Waals surface area contributed by atoms with Gasteiger partial charge in [-0.2, -0.15) is 0 Å². The highest BCUT2D eigenvalue weighted by Gasteiger charge is 2.43. The average molecular weight is 282 g/mol. The molecule has 1 aliphatic carbocycles. The Labute approximate surface area is 123 Å². The lowest BCUT2D eigenvalue weighted by molar-refractivity contribution is -0.116. The van der Waals surface area contributed by atoms with Gasteiger partial charge in [0.05, 0.1) is 12.2 Å². The number of ketones is 1. The first-order valence-corrected chi connectivity index (χ1v) is 7.76. The zero-order valence-electron chi connectivity index (χ0n) is 13.4. The summed E-state index contributed by atoms with van der Waals surface area (Å²) >= 11 is 0. The molecule has 0 aromatic rings. The molecule has 0 aromatic carbocycles. The first-order valence-electron chi connectivity index (χ1n) is 7.76. The quantitative estimate of drug-likeness (QED) is 0.735. The Bertz CT molecular complexity index is 357. The van der Waals surface area contributed by atoms with E-state index in [4.69, 9.17) is 0 Å². The van der Waals surface area contributed by atoms with Gasteiger partial charge in [-0.3, -0.25) is 0 Å². The van der Waals surface area contributed by atoms with Gasteiger partial charge in [-0.25, -0.2) is 0 Å². The van der Waals surface area contributed by atoms with Crippen LogP contribution >= 0.6 is 0 Å². The van der Waals surface area contributed by atoms with Gasteiger partial charge in [0.15, 0.2) is 0 Å². The van der Waals surface area contributed by atoms with Gasteiger partial charge in [0.2, 0.25) is 0 Å². The Morgan fingerprint density at radius 3 is 2.45 bits per heavy atom. The van der Waals surface area contributed by atoms with Crippen LogP contribution in [0.5, 0.6) is 0 Å². The monoisotopic (exact) mass is 282 g/mol. The number of rotatable bonds is 6. The van der Waals surface area contributed by atoms with E-state index in [0.717, 1.165) is 19.3 Å². The van der Waals surface area contributed by atoms with Crippen molar-refractivity contribution in [3.63, 3.8) is 0 Å². The maximum Gasteiger partial charge on any atom is 0.130 e. The van der Waals surface area contributed by atoms with E-state index in [2.05, 4.69) is 26.8 Å². The molecule has 116 valence electrons. The molecule has 3 nitrogen and oxygen atoms in total. The SMILES string of the molecule is CC(=O)CC/C=C(\C)CC[C@@H]1[C@H](O)CC[C@H](O)C1(C)C. The van der Waals surface area contributed by atoms with Crippen molar-refractivity contribution in [1.82, 2.24) is 0 Å². The van der Waals surface area contributed by atoms with Crippen molar-refractivity contribution in [2.24, 2.45) is 11.3 Å². The van der Waals surface area contributed by atoms with Gasteiger partial charge in [-0.1, -0.05) is 25.5 Å². The highest BCUT2D eigenvalue weighted by Crippen LogP contribution is 2.43. The van der Waals surface area contributed by atoms with Crippen molar-refractivity contribution in [3.05, 3.63) is 11.6 Å². The van der Waals surface area contributed by atoms with Crippen LogP contribution in [-0.2, 0) is 4.79 Å². The molecule has 0 radical (unpaired) electrons. The lowest BCUT2D eigenvalue weighted by Crippen LogP contribution is -2.47. The number of carbonyl (C=O) groups excluding carboxylic acids is 1. The van der Waals surface area contributed by atoms with Gasteiger partial charge in [-0.15, -0.1) is 0 Å². The smallest absolute Gasteiger partial charge is 0.130 e. The van der Waals surface area contributed by atoms with E-state index < -0.39 is 0 Å². The number of hydrogen-bond acceptors (Lipinski definition) is 3. The molecule has 0 aliphatic heterocycles. The van der Waals surface area contributed by atoms with Crippen molar-refractivity contribution in [1.29, 1.82) is 0 Å². The van der Waals surface area contributed by atoms with E-state index in [1.54, 1.807) is 6.92 Å². The summed E-state index contributed by atoms with van der Waals surface area (Å²) in [6.07, 6.45) is 6.12. The molecule has 1 fully saturated rings. The van der Waals surface area contributed by atoms with Crippen LogP contribution in [0.4, 0.5) is 0 Å². The molecule has 0 aromatic heterocycles. The van der Waals surface area contributed by atoms with Gasteiger partial charge in [0, 0.05) is 6.42 Å². The Hall–Kier alpha value is -0.670. The largest absolute Gasteiger partial charge is 0.393 e. The summed E-state index contributed by atoms with van der Waals surface area (Å²) in [6, 6.07) is 0. The number of Topliss-reactive ketones (excluding diaryl/α,β-unsaturated/α-hetero) is 1. The van der Waals surface area contributed by atoms with Gasteiger partial charge in [0.25, 0.3) is 0 Å². The lowest BCUT2D eigenvalue weighted by Gasteiger charge is -2.45. The molecule has 0 amide bonds. The third-order valence-electron chi connectivity index (χ3n) is 4.85. The van der Waals surface area contributed by atoms with E-state index in [0.29, 0.717) is 19.3 Å². The molecule has 20 heavy (non-hydrogen) atoms. The Morgan fingerprint density at radius 2 is 1.85 bits per heavy atom. The summed E-state index contributed by atoms with van der Waals surface area (Å²) in [5, 5.41) is 20.3. The molecule has 3 heteroatoms. The van der Waals surface area contributed by atoms with E-state index in [9.17, 15) is 15.0 Å². The van der Waals surface area contributed by atoms with Crippen molar-refractivity contribution >= 4 is 5.78 Å². The van der Waals surface area contributed by atoms with Crippen LogP contribution in [0.2, 0.25) is 0 Å². The van der Waals surface area contributed by atoms with Crippen molar-refractivity contribution < 1.29 is 15.0 Å². The minimum atomic E-state index is -0.321. The Balaban J connectivity index is 2.52. The number of aliphatic hydroxyl groups excluding tert-OH is 2. The predicted octanol–water partition coefficient (Wildman–Crippen LogP) is 3.24. The summed E-state index contributed by atoms with van der Waals surface area (Å²) in [7, 11) is 0. The van der Waals surface area contributed by atoms with Crippen molar-refractivity contribution in [2.75, 3.05) is 0 Å². The summed E-state index contributed by atoms with van der Waals surface area (Å²) in [5.74, 6) is 0.364. The molecular formula is C17H30O3. The number of allylic oxidation sites excluding steroid dienone is 2. The van der Waals surface area contributed by atoms with Gasteiger partial charge in [-0.05, 0) is 57.3 Å². The summed E-state index contributed by atoms with van der Waals surface area (Å²) in [4.78, 5) is 10.9. The molecule has 3 atom stereocenters. The highest BCUT2D eigenvalue weighted by molar-refractivity contribution is 5.75. The van der Waals surface area contributed by atoms with Crippen LogP contribution in [0.1, 0.15) is 66.2 Å². The third kappa shape index (κ3) is 4.71. The van der Waals surface area contributed by atoms with Crippen LogP contribution in [0.15, 0.2) is 11.6 Å². The van der Waals surface area contributed by atoms with Gasteiger partial charge < -0.3 is 15.0 Å². The second kappa shape index (κ2) is 7.37. The van der Waals surface area contributed by atoms with Crippen LogP contribution in [-0.4, -0.2) is 28.2 Å². The molecule has 0 bridgehead atoms. The van der Waals surface area contributed by atoms with E-state index in [1.165, 1.54) is 5.57 Å². The normalized spacial score (nSPS) is 30.3. The van der Waals surface area contributed by atoms with Crippen molar-refractivity contribution in [3.8, 4) is 0 Å². The van der Waals surface area contributed by atoms with Gasteiger partial charge >= 0.3 is 0 Å². The standard InChI is InChI=1S/C17H30O3/c1-12(6-5-7-13(2)18)8-9-14-15(19)10-11-16(20)17(14,3)4/h6,14-16,19-20H,5,7-11H2,1-4H3/b12-6+/t14-,15-,16+/m1/s1. The average Bonchev–Trinajstić information content (AvgIpc) is 2.33. The van der Waals surface area contributed by atoms with Crippen LogP contribution in [0.25, 0.3) is 0 Å². The van der Waals surface area contributed by atoms with Crippen LogP contribution in [0, 0.1) is 11.3 Å². The molecule has 0 spiro atoms. The molecule has 1 rings (SSSR count). The second-order valence-corrected chi connectivity index (χ2v) is 6.92. The highest BCUT2D eigenvalue weighted by atomic mass is 16.3. The van der Waals surface area contributed by atoms with Crippen molar-refractivity contribution in [2.45, 2.75) is 78.4 Å². The third-order valence-corrected chi connectivity index (χ3v) is 4.85. The summed E-state index contributed by atoms with van der Waals surface area (Å²) in [6.45, 7) is 7.81. The fourth-order valence-corrected chi connectivity index (χ4v) is 3.22. The minimum absolute atomic E-state index is 0.141. The zero-order chi connectivity index (χ0) is 15.3. The van der Waals surface area contributed by atoms with Crippen LogP contribution < -0.4 is 0 Å². The summed E-state index contributed by atoms with van der Waals surface area (Å²) in [5.41, 5.74) is 1.05. The maximum absolute atomic E-state index is 10.9. The molecule has 1 saturated carbocycles. The fourth-order valence-electron chi connectivity index (χ4n) is 3.22. The Kier molecular flexibility index (Phi) is 6.41. The Morgan fingerprint density at radius 1 is 1.20 bits per heavy atom. The lowest BCUT2D eigenvalue weighted by atomic mass is 9.64. The fraction of sp³-hybridized carbons (Fsp3) is 0.824. The first kappa shape index (κ1) is 17.4. The van der Waals surface area contributed by atoms with Crippen LogP contribution in [0.3, 0.4) is 0 Å². The maximum atomic E-state index is 10.9. The zero-order valence-corrected chi connectivity index (χ0v) is 13.4. The summed E-state index contributed by atoms with van der Waals surface area (Å²) < 4.78 is 0. The predicted molar refractivity (Wildman–Crippen MR) is 81.4 cm³/mol. The topological polar surface area (TPSA) is 57.5 Å². The molecule has 2 N–H and O–H groups in total. The number of hydrogen-bond donors (Lipinski definition) is 2. The molecule has 0 heterocycles. The van der Waals surface area contributed by atoms with E-state index in [-0.39, 0.29) is 29.3 Å². The van der Waals surface area contributed by atoms with Gasteiger partial charge in [0.1, 0.15) is 5.78 Å². The molecule has 1 aliphatic rings. The minimum Gasteiger partial charge on any atom is -0.393 e. The molecule has 0 saturated heterocycles. The molecule has 0 unspecified atom stereocenters. The first-order chi connectivity index (χ1) is 9.25. The number of aliphatic hydroxyl groups is 2.